The fourth-order valence-electron chi connectivity index (χ4n) is 9.87. The zero-order valence-electron chi connectivity index (χ0n) is 44.9. The number of aliphatic hydroxyl groups excluding tert-OH is 5. The van der Waals surface area contributed by atoms with Gasteiger partial charge in [-0.2, -0.15) is 0 Å². The van der Waals surface area contributed by atoms with Crippen molar-refractivity contribution >= 4 is 5.91 Å². The maximum absolute atomic E-state index is 13.0. The van der Waals surface area contributed by atoms with Crippen molar-refractivity contribution in [1.29, 1.82) is 0 Å². The smallest absolute Gasteiger partial charge is 0.220 e. The summed E-state index contributed by atoms with van der Waals surface area (Å²) in [4.78, 5) is 13.0. The molecule has 68 heavy (non-hydrogen) atoms. The maximum Gasteiger partial charge on any atom is 0.220 e. The van der Waals surface area contributed by atoms with Crippen LogP contribution >= 0.6 is 0 Å². The van der Waals surface area contributed by atoms with Crippen LogP contribution < -0.4 is 5.32 Å². The minimum absolute atomic E-state index is 0.133. The van der Waals surface area contributed by atoms with Crippen LogP contribution in [0.3, 0.4) is 0 Å². The lowest BCUT2D eigenvalue weighted by Gasteiger charge is -2.40. The van der Waals surface area contributed by atoms with Gasteiger partial charge < -0.3 is 40.3 Å². The molecule has 0 saturated carbocycles. The van der Waals surface area contributed by atoms with Crippen molar-refractivity contribution in [3.8, 4) is 0 Å². The van der Waals surface area contributed by atoms with Crippen molar-refractivity contribution < 1.29 is 39.8 Å². The van der Waals surface area contributed by atoms with Crippen molar-refractivity contribution in [2.24, 2.45) is 0 Å². The second-order valence-corrected chi connectivity index (χ2v) is 21.1. The van der Waals surface area contributed by atoms with Gasteiger partial charge in [-0.25, -0.2) is 0 Å². The molecule has 1 aliphatic heterocycles. The monoisotopic (exact) mass is 966 g/mol. The Hall–Kier alpha value is -1.07. The van der Waals surface area contributed by atoms with Crippen LogP contribution in [0.1, 0.15) is 303 Å². The number of aliphatic hydroxyl groups is 5. The molecule has 7 atom stereocenters. The highest BCUT2D eigenvalue weighted by atomic mass is 16.7. The number of allylic oxidation sites excluding steroid dienone is 2. The molecule has 1 rings (SSSR count). The summed E-state index contributed by atoms with van der Waals surface area (Å²) in [7, 11) is 0. The second kappa shape index (κ2) is 49.5. The lowest BCUT2D eigenvalue weighted by molar-refractivity contribution is -0.302. The number of hydrogen-bond acceptors (Lipinski definition) is 8. The van der Waals surface area contributed by atoms with E-state index >= 15 is 0 Å². The van der Waals surface area contributed by atoms with E-state index in [4.69, 9.17) is 9.47 Å². The highest BCUT2D eigenvalue weighted by molar-refractivity contribution is 5.76. The summed E-state index contributed by atoms with van der Waals surface area (Å²) in [6, 6.07) is -0.714. The Morgan fingerprint density at radius 3 is 1.19 bits per heavy atom. The zero-order valence-corrected chi connectivity index (χ0v) is 44.9. The Kier molecular flexibility index (Phi) is 47.3. The van der Waals surface area contributed by atoms with E-state index in [0.29, 0.717) is 12.8 Å². The SMILES string of the molecule is CCCCCCCCCCCCCC/C=C\CCCCCCCCCCCCCCCCCCCC(=O)NC(COC1OC(CO)C(O)C(O)C1O)C(O)CCCCCCCCCCCCCC. The Balaban J connectivity index is 2.07. The van der Waals surface area contributed by atoms with Crippen molar-refractivity contribution in [2.75, 3.05) is 13.2 Å². The van der Waals surface area contributed by atoms with Crippen LogP contribution in [-0.2, 0) is 14.3 Å². The van der Waals surface area contributed by atoms with Crippen LogP contribution in [-0.4, -0.2) is 87.5 Å². The molecule has 1 aliphatic rings. The van der Waals surface area contributed by atoms with E-state index in [0.717, 1.165) is 38.5 Å². The van der Waals surface area contributed by atoms with Crippen LogP contribution in [0.15, 0.2) is 12.2 Å². The third kappa shape index (κ3) is 38.6. The first-order valence-corrected chi connectivity index (χ1v) is 29.9. The number of ether oxygens (including phenoxy) is 2. The molecule has 6 N–H and O–H groups in total. The van der Waals surface area contributed by atoms with E-state index in [1.165, 1.54) is 238 Å². The first-order chi connectivity index (χ1) is 33.3. The molecular weight excluding hydrogens is 851 g/mol. The first-order valence-electron chi connectivity index (χ1n) is 29.9. The molecule has 0 spiro atoms. The number of carbonyl (C=O) groups is 1. The molecule has 9 heteroatoms. The Morgan fingerprint density at radius 1 is 0.485 bits per heavy atom. The van der Waals surface area contributed by atoms with Gasteiger partial charge >= 0.3 is 0 Å². The first kappa shape index (κ1) is 64.9. The molecule has 1 fully saturated rings. The van der Waals surface area contributed by atoms with Gasteiger partial charge in [-0.1, -0.05) is 270 Å². The molecule has 9 nitrogen and oxygen atoms in total. The molecule has 7 unspecified atom stereocenters. The Labute approximate surface area is 420 Å². The number of rotatable bonds is 52. The van der Waals surface area contributed by atoms with Gasteiger partial charge in [0.2, 0.25) is 5.91 Å². The Bertz CT molecular complexity index is 1080. The molecule has 1 amide bonds. The minimum atomic E-state index is -1.55. The van der Waals surface area contributed by atoms with Crippen molar-refractivity contribution in [2.45, 2.75) is 346 Å². The lowest BCUT2D eigenvalue weighted by Crippen LogP contribution is -2.60. The normalized spacial score (nSPS) is 19.5. The van der Waals surface area contributed by atoms with Gasteiger partial charge in [0.05, 0.1) is 25.4 Å². The predicted molar refractivity (Wildman–Crippen MR) is 286 cm³/mol. The van der Waals surface area contributed by atoms with Gasteiger partial charge in [0.15, 0.2) is 6.29 Å². The van der Waals surface area contributed by atoms with Crippen LogP contribution in [0.4, 0.5) is 0 Å². The molecule has 0 radical (unpaired) electrons. The molecule has 404 valence electrons. The molecule has 1 heterocycles. The number of hydrogen-bond donors (Lipinski definition) is 6. The van der Waals surface area contributed by atoms with Crippen LogP contribution in [0.2, 0.25) is 0 Å². The van der Waals surface area contributed by atoms with Gasteiger partial charge in [-0.15, -0.1) is 0 Å². The van der Waals surface area contributed by atoms with Crippen LogP contribution in [0.5, 0.6) is 0 Å². The predicted octanol–water partition coefficient (Wildman–Crippen LogP) is 14.8. The molecule has 0 aromatic carbocycles. The van der Waals surface area contributed by atoms with Gasteiger partial charge in [0.1, 0.15) is 24.4 Å². The average molecular weight is 967 g/mol. The van der Waals surface area contributed by atoms with E-state index in [1.807, 2.05) is 0 Å². The second-order valence-electron chi connectivity index (χ2n) is 21.1. The zero-order chi connectivity index (χ0) is 49.4. The number of amides is 1. The summed E-state index contributed by atoms with van der Waals surface area (Å²) in [6.45, 7) is 3.86. The van der Waals surface area contributed by atoms with Gasteiger partial charge in [0.25, 0.3) is 0 Å². The fourth-order valence-corrected chi connectivity index (χ4v) is 9.87. The van der Waals surface area contributed by atoms with Gasteiger partial charge in [0, 0.05) is 6.42 Å². The summed E-state index contributed by atoms with van der Waals surface area (Å²) >= 11 is 0. The largest absolute Gasteiger partial charge is 0.394 e. The van der Waals surface area contributed by atoms with Crippen LogP contribution in [0, 0.1) is 0 Å². The molecule has 1 saturated heterocycles. The third-order valence-corrected chi connectivity index (χ3v) is 14.6. The average Bonchev–Trinajstić information content (AvgIpc) is 3.34. The number of unbranched alkanes of at least 4 members (excludes halogenated alkanes) is 40. The molecule has 0 aromatic rings. The fraction of sp³-hybridized carbons (Fsp3) is 0.949. The van der Waals surface area contributed by atoms with Crippen molar-refractivity contribution in [1.82, 2.24) is 5.32 Å². The molecule has 0 aliphatic carbocycles. The van der Waals surface area contributed by atoms with Gasteiger partial charge in [-0.3, -0.25) is 4.79 Å². The topological polar surface area (TPSA) is 149 Å². The van der Waals surface area contributed by atoms with E-state index in [1.54, 1.807) is 0 Å². The van der Waals surface area contributed by atoms with E-state index < -0.39 is 49.5 Å². The highest BCUT2D eigenvalue weighted by Crippen LogP contribution is 2.23. The summed E-state index contributed by atoms with van der Waals surface area (Å²) in [6.07, 6.45) is 54.1. The van der Waals surface area contributed by atoms with E-state index in [2.05, 4.69) is 31.3 Å². The summed E-state index contributed by atoms with van der Waals surface area (Å²) < 4.78 is 11.3. The molecule has 0 aromatic heterocycles. The van der Waals surface area contributed by atoms with E-state index in [9.17, 15) is 30.3 Å². The van der Waals surface area contributed by atoms with Crippen molar-refractivity contribution in [3.05, 3.63) is 12.2 Å². The van der Waals surface area contributed by atoms with Crippen molar-refractivity contribution in [3.63, 3.8) is 0 Å². The highest BCUT2D eigenvalue weighted by Gasteiger charge is 2.44. The molecule has 0 bridgehead atoms. The quantitative estimate of drug-likeness (QED) is 0.0261. The van der Waals surface area contributed by atoms with Crippen LogP contribution in [0.25, 0.3) is 0 Å². The van der Waals surface area contributed by atoms with E-state index in [-0.39, 0.29) is 12.5 Å². The summed E-state index contributed by atoms with van der Waals surface area (Å²) in [5.74, 6) is -0.139. The lowest BCUT2D eigenvalue weighted by atomic mass is 9.99. The third-order valence-electron chi connectivity index (χ3n) is 14.6. The standard InChI is InChI=1S/C59H115NO8/c1-3-5-7-9-11-13-15-17-18-19-20-21-22-23-24-25-26-27-28-29-30-31-32-33-34-35-36-37-39-41-43-45-47-49-55(63)60-52(51-67-59-58(66)57(65)56(64)54(50-61)68-59)53(62)48-46-44-42-40-38-16-14-12-10-8-6-4-2/h23-24,52-54,56-59,61-62,64-66H,3-22,25-51H2,1-2H3,(H,60,63)/b24-23-. The number of nitrogens with one attached hydrogen (secondary N) is 1. The summed E-state index contributed by atoms with van der Waals surface area (Å²) in [5, 5.41) is 54.5. The molecular formula is C59H115NO8. The maximum atomic E-state index is 13.0. The minimum Gasteiger partial charge on any atom is -0.394 e. The Morgan fingerprint density at radius 2 is 0.824 bits per heavy atom. The number of carbonyl (C=O) groups excluding carboxylic acids is 1. The summed E-state index contributed by atoms with van der Waals surface area (Å²) in [5.41, 5.74) is 0. The van der Waals surface area contributed by atoms with Gasteiger partial charge in [-0.05, 0) is 38.5 Å².